The molecule has 0 aliphatic rings. The second-order valence-electron chi connectivity index (χ2n) is 7.77. The zero-order valence-electron chi connectivity index (χ0n) is 17.5. The Labute approximate surface area is 182 Å². The minimum absolute atomic E-state index is 0.110. The van der Waals surface area contributed by atoms with Crippen molar-refractivity contribution in [2.45, 2.75) is 18.9 Å². The predicted octanol–water partition coefficient (Wildman–Crippen LogP) is 4.30. The fourth-order valence-electron chi connectivity index (χ4n) is 3.87. The SMILES string of the molecule is NCCC[C@H](N)CNC(=O)c1[nH]c2ccc(-c3ccccc3)cc2c1-c1ccccc1. The molecular formula is C26H28N4O. The lowest BCUT2D eigenvalue weighted by molar-refractivity contribution is 0.0947. The summed E-state index contributed by atoms with van der Waals surface area (Å²) >= 11 is 0. The third-order valence-corrected chi connectivity index (χ3v) is 5.50. The molecule has 1 aromatic heterocycles. The molecule has 0 fully saturated rings. The second kappa shape index (κ2) is 9.60. The standard InChI is InChI=1S/C26H28N4O/c27-15-7-12-21(28)17-29-26(31)25-24(19-10-5-2-6-11-19)22-16-20(13-14-23(22)30-25)18-8-3-1-4-9-18/h1-6,8-11,13-14,16,21,30H,7,12,15,17,27-28H2,(H,29,31)/t21-/m0/s1. The van der Waals surface area contributed by atoms with Crippen LogP contribution in [0, 0.1) is 0 Å². The number of nitrogens with one attached hydrogen (secondary N) is 2. The number of nitrogens with two attached hydrogens (primary N) is 2. The number of hydrogen-bond donors (Lipinski definition) is 4. The van der Waals surface area contributed by atoms with Gasteiger partial charge in [-0.05, 0) is 48.2 Å². The van der Waals surface area contributed by atoms with Gasteiger partial charge >= 0.3 is 0 Å². The highest BCUT2D eigenvalue weighted by atomic mass is 16.1. The van der Waals surface area contributed by atoms with Gasteiger partial charge in [-0.1, -0.05) is 66.7 Å². The molecule has 3 aromatic carbocycles. The number of fused-ring (bicyclic) bond motifs is 1. The van der Waals surface area contributed by atoms with E-state index < -0.39 is 0 Å². The van der Waals surface area contributed by atoms with Crippen molar-refractivity contribution in [3.05, 3.63) is 84.6 Å². The fourth-order valence-corrected chi connectivity index (χ4v) is 3.87. The predicted molar refractivity (Wildman–Crippen MR) is 128 cm³/mol. The van der Waals surface area contributed by atoms with E-state index in [0.717, 1.165) is 46.0 Å². The molecule has 31 heavy (non-hydrogen) atoms. The maximum Gasteiger partial charge on any atom is 0.268 e. The number of hydrogen-bond acceptors (Lipinski definition) is 3. The van der Waals surface area contributed by atoms with E-state index in [0.29, 0.717) is 18.8 Å². The summed E-state index contributed by atoms with van der Waals surface area (Å²) in [6.45, 7) is 1.02. The maximum absolute atomic E-state index is 13.1. The normalized spacial score (nSPS) is 12.1. The largest absolute Gasteiger partial charge is 0.350 e. The zero-order chi connectivity index (χ0) is 21.6. The van der Waals surface area contributed by atoms with Crippen molar-refractivity contribution in [3.63, 3.8) is 0 Å². The van der Waals surface area contributed by atoms with Gasteiger partial charge in [-0.15, -0.1) is 0 Å². The molecule has 1 amide bonds. The molecule has 0 radical (unpaired) electrons. The molecule has 158 valence electrons. The van der Waals surface area contributed by atoms with E-state index in [4.69, 9.17) is 11.5 Å². The quantitative estimate of drug-likeness (QED) is 0.347. The molecule has 0 unspecified atom stereocenters. The molecule has 0 bridgehead atoms. The summed E-state index contributed by atoms with van der Waals surface area (Å²) in [6.07, 6.45) is 1.64. The summed E-state index contributed by atoms with van der Waals surface area (Å²) in [4.78, 5) is 16.5. The number of aromatic nitrogens is 1. The van der Waals surface area contributed by atoms with Crippen LogP contribution in [0.2, 0.25) is 0 Å². The summed E-state index contributed by atoms with van der Waals surface area (Å²) in [6, 6.07) is 26.4. The minimum Gasteiger partial charge on any atom is -0.350 e. The summed E-state index contributed by atoms with van der Waals surface area (Å²) in [5.74, 6) is -0.153. The number of carbonyl (C=O) groups excluding carboxylic acids is 1. The van der Waals surface area contributed by atoms with E-state index in [2.05, 4.69) is 34.6 Å². The smallest absolute Gasteiger partial charge is 0.268 e. The van der Waals surface area contributed by atoms with Gasteiger partial charge in [0.1, 0.15) is 5.69 Å². The second-order valence-corrected chi connectivity index (χ2v) is 7.77. The average Bonchev–Trinajstić information content (AvgIpc) is 3.21. The van der Waals surface area contributed by atoms with Crippen LogP contribution in [0.3, 0.4) is 0 Å². The third-order valence-electron chi connectivity index (χ3n) is 5.50. The lowest BCUT2D eigenvalue weighted by atomic mass is 9.98. The highest BCUT2D eigenvalue weighted by molar-refractivity contribution is 6.10. The van der Waals surface area contributed by atoms with Gasteiger partial charge in [-0.25, -0.2) is 0 Å². The number of rotatable bonds is 8. The van der Waals surface area contributed by atoms with Crippen LogP contribution in [0.15, 0.2) is 78.9 Å². The van der Waals surface area contributed by atoms with E-state index in [1.807, 2.05) is 54.6 Å². The van der Waals surface area contributed by atoms with Gasteiger partial charge in [0, 0.05) is 29.1 Å². The summed E-state index contributed by atoms with van der Waals surface area (Å²) in [5, 5.41) is 4.01. The monoisotopic (exact) mass is 412 g/mol. The Bertz CT molecular complexity index is 1150. The molecule has 1 atom stereocenters. The summed E-state index contributed by atoms with van der Waals surface area (Å²) in [5.41, 5.74) is 17.3. The van der Waals surface area contributed by atoms with Crippen molar-refractivity contribution in [1.29, 1.82) is 0 Å². The lowest BCUT2D eigenvalue weighted by Gasteiger charge is -2.12. The van der Waals surface area contributed by atoms with Gasteiger partial charge in [-0.2, -0.15) is 0 Å². The topological polar surface area (TPSA) is 96.9 Å². The van der Waals surface area contributed by atoms with Crippen LogP contribution in [0.1, 0.15) is 23.3 Å². The Kier molecular flexibility index (Phi) is 6.46. The minimum atomic E-state index is -0.153. The van der Waals surface area contributed by atoms with Gasteiger partial charge in [-0.3, -0.25) is 4.79 Å². The number of benzene rings is 3. The first-order chi connectivity index (χ1) is 15.2. The molecule has 0 spiro atoms. The van der Waals surface area contributed by atoms with E-state index >= 15 is 0 Å². The van der Waals surface area contributed by atoms with Crippen LogP contribution in [0.25, 0.3) is 33.2 Å². The first-order valence-corrected chi connectivity index (χ1v) is 10.7. The van der Waals surface area contributed by atoms with Crippen LogP contribution in [-0.4, -0.2) is 30.0 Å². The van der Waals surface area contributed by atoms with Gasteiger partial charge in [0.05, 0.1) is 0 Å². The summed E-state index contributed by atoms with van der Waals surface area (Å²) < 4.78 is 0. The van der Waals surface area contributed by atoms with Crippen LogP contribution in [-0.2, 0) is 0 Å². The lowest BCUT2D eigenvalue weighted by Crippen LogP contribution is -2.37. The molecule has 5 heteroatoms. The molecular weight excluding hydrogens is 384 g/mol. The van der Waals surface area contributed by atoms with Crippen LogP contribution < -0.4 is 16.8 Å². The van der Waals surface area contributed by atoms with Crippen molar-refractivity contribution in [2.24, 2.45) is 11.5 Å². The first kappa shape index (κ1) is 20.8. The van der Waals surface area contributed by atoms with Gasteiger partial charge in [0.15, 0.2) is 0 Å². The van der Waals surface area contributed by atoms with Gasteiger partial charge < -0.3 is 21.8 Å². The van der Waals surface area contributed by atoms with E-state index in [1.54, 1.807) is 0 Å². The Morgan fingerprint density at radius 2 is 1.58 bits per heavy atom. The van der Waals surface area contributed by atoms with Crippen molar-refractivity contribution in [2.75, 3.05) is 13.1 Å². The molecule has 0 aliphatic heterocycles. The Balaban J connectivity index is 1.73. The molecule has 1 heterocycles. The molecule has 0 saturated heterocycles. The van der Waals surface area contributed by atoms with Crippen molar-refractivity contribution < 1.29 is 4.79 Å². The van der Waals surface area contributed by atoms with Gasteiger partial charge in [0.25, 0.3) is 5.91 Å². The Morgan fingerprint density at radius 1 is 0.903 bits per heavy atom. The van der Waals surface area contributed by atoms with E-state index in [1.165, 1.54) is 0 Å². The number of amides is 1. The van der Waals surface area contributed by atoms with Crippen LogP contribution in [0.4, 0.5) is 0 Å². The van der Waals surface area contributed by atoms with Gasteiger partial charge in [0.2, 0.25) is 0 Å². The summed E-state index contributed by atoms with van der Waals surface area (Å²) in [7, 11) is 0. The number of aromatic amines is 1. The third kappa shape index (κ3) is 4.68. The maximum atomic E-state index is 13.1. The van der Waals surface area contributed by atoms with Crippen molar-refractivity contribution in [3.8, 4) is 22.3 Å². The molecule has 5 nitrogen and oxygen atoms in total. The number of carbonyl (C=O) groups is 1. The molecule has 0 saturated carbocycles. The van der Waals surface area contributed by atoms with Crippen LogP contribution >= 0.6 is 0 Å². The van der Waals surface area contributed by atoms with Crippen molar-refractivity contribution >= 4 is 16.8 Å². The molecule has 6 N–H and O–H groups in total. The first-order valence-electron chi connectivity index (χ1n) is 10.7. The zero-order valence-corrected chi connectivity index (χ0v) is 17.5. The Morgan fingerprint density at radius 3 is 2.26 bits per heavy atom. The van der Waals surface area contributed by atoms with E-state index in [-0.39, 0.29) is 11.9 Å². The number of H-pyrrole nitrogens is 1. The molecule has 0 aliphatic carbocycles. The average molecular weight is 413 g/mol. The van der Waals surface area contributed by atoms with E-state index in [9.17, 15) is 4.79 Å². The molecule has 4 aromatic rings. The fraction of sp³-hybridized carbons (Fsp3) is 0.192. The highest BCUT2D eigenvalue weighted by Gasteiger charge is 2.20. The highest BCUT2D eigenvalue weighted by Crippen LogP contribution is 2.35. The van der Waals surface area contributed by atoms with Crippen LogP contribution in [0.5, 0.6) is 0 Å². The Hall–Kier alpha value is -3.41. The molecule has 4 rings (SSSR count). The van der Waals surface area contributed by atoms with Crippen molar-refractivity contribution in [1.82, 2.24) is 10.3 Å².